The molecule has 0 fully saturated rings. The van der Waals surface area contributed by atoms with Crippen LogP contribution in [0.15, 0.2) is 66.9 Å². The number of methoxy groups -OCH3 is 2. The second kappa shape index (κ2) is 9.93. The van der Waals surface area contributed by atoms with E-state index in [1.807, 2.05) is 61.7 Å². The van der Waals surface area contributed by atoms with Gasteiger partial charge in [0, 0.05) is 30.4 Å². The number of nitrogens with two attached hydrogens (primary N) is 1. The Hall–Kier alpha value is -4.26. The van der Waals surface area contributed by atoms with Crippen molar-refractivity contribution in [3.05, 3.63) is 89.1 Å². The van der Waals surface area contributed by atoms with Crippen LogP contribution in [0.2, 0.25) is 0 Å². The molecule has 4 rings (SSSR count). The first-order valence-corrected chi connectivity index (χ1v) is 11.3. The van der Waals surface area contributed by atoms with Crippen molar-refractivity contribution in [2.75, 3.05) is 21.3 Å². The number of fused-ring (bicyclic) bond motifs is 1. The van der Waals surface area contributed by atoms with E-state index in [0.29, 0.717) is 23.5 Å². The van der Waals surface area contributed by atoms with E-state index in [4.69, 9.17) is 15.2 Å². The summed E-state index contributed by atoms with van der Waals surface area (Å²) in [6, 6.07) is 19.0. The van der Waals surface area contributed by atoms with Crippen LogP contribution in [-0.4, -0.2) is 44.1 Å². The van der Waals surface area contributed by atoms with Crippen molar-refractivity contribution in [1.29, 1.82) is 0 Å². The molecule has 1 aliphatic heterocycles. The molecule has 0 aliphatic carbocycles. The highest BCUT2D eigenvalue weighted by Crippen LogP contribution is 2.39. The summed E-state index contributed by atoms with van der Waals surface area (Å²) in [6.07, 6.45) is 2.56. The van der Waals surface area contributed by atoms with Crippen LogP contribution < -0.4 is 20.5 Å². The third-order valence-corrected chi connectivity index (χ3v) is 6.30. The largest absolute Gasteiger partial charge is 0.493 e. The minimum absolute atomic E-state index is 0.0626. The first kappa shape index (κ1) is 23.9. The number of nitrogens with zero attached hydrogens (tertiary/aromatic N) is 1. The van der Waals surface area contributed by atoms with Crippen LogP contribution in [0, 0.1) is 0 Å². The Kier molecular flexibility index (Phi) is 6.78. The summed E-state index contributed by atoms with van der Waals surface area (Å²) in [6.45, 7) is 2.02. The predicted molar refractivity (Wildman–Crippen MR) is 136 cm³/mol. The second-order valence-corrected chi connectivity index (χ2v) is 8.44. The van der Waals surface area contributed by atoms with Gasteiger partial charge in [-0.1, -0.05) is 36.4 Å². The molecule has 3 amide bonds. The summed E-state index contributed by atoms with van der Waals surface area (Å²) in [4.78, 5) is 25.8. The third-order valence-electron chi connectivity index (χ3n) is 6.30. The Balaban J connectivity index is 1.81. The Morgan fingerprint density at radius 3 is 2.00 bits per heavy atom. The summed E-state index contributed by atoms with van der Waals surface area (Å²) in [7, 11) is 4.86. The molecule has 7 nitrogen and oxygen atoms in total. The monoisotopic (exact) mass is 471 g/mol. The molecule has 1 atom stereocenters. The average molecular weight is 472 g/mol. The maximum absolute atomic E-state index is 12.7. The van der Waals surface area contributed by atoms with Gasteiger partial charge < -0.3 is 20.5 Å². The molecule has 3 aromatic carbocycles. The lowest BCUT2D eigenvalue weighted by Crippen LogP contribution is -2.40. The zero-order chi connectivity index (χ0) is 25.1. The number of carbonyl (C=O) groups is 2. The van der Waals surface area contributed by atoms with E-state index in [1.54, 1.807) is 38.3 Å². The number of hydrogen-bond acceptors (Lipinski definition) is 4. The van der Waals surface area contributed by atoms with Gasteiger partial charge in [-0.15, -0.1) is 0 Å². The number of hydrogen-bond donors (Lipinski definition) is 2. The van der Waals surface area contributed by atoms with E-state index in [0.717, 1.165) is 33.4 Å². The van der Waals surface area contributed by atoms with Gasteiger partial charge in [0.05, 0.1) is 14.2 Å². The Bertz CT molecular complexity index is 1280. The fourth-order valence-corrected chi connectivity index (χ4v) is 4.38. The van der Waals surface area contributed by atoms with Gasteiger partial charge in [0.2, 0.25) is 5.91 Å². The molecule has 35 heavy (non-hydrogen) atoms. The molecule has 0 saturated carbocycles. The van der Waals surface area contributed by atoms with Crippen molar-refractivity contribution in [3.8, 4) is 22.6 Å². The van der Waals surface area contributed by atoms with Crippen LogP contribution in [0.4, 0.5) is 4.79 Å². The molecule has 1 unspecified atom stereocenters. The topological polar surface area (TPSA) is 93.9 Å². The molecule has 0 saturated heterocycles. The van der Waals surface area contributed by atoms with Crippen LogP contribution in [-0.2, 0) is 6.42 Å². The zero-order valence-corrected chi connectivity index (χ0v) is 20.3. The SMILES string of the molecule is CNC(=O)N1C=C(c2ccc(-c3ccc(C(N)=O)cc3)cc2)c2cc(OC)c(OC)cc2CC1C. The van der Waals surface area contributed by atoms with E-state index < -0.39 is 5.91 Å². The number of amides is 3. The number of ether oxygens (including phenoxy) is 2. The van der Waals surface area contributed by atoms with E-state index in [-0.39, 0.29) is 12.1 Å². The van der Waals surface area contributed by atoms with Crippen LogP contribution in [0.5, 0.6) is 11.5 Å². The molecule has 0 spiro atoms. The molecular weight excluding hydrogens is 442 g/mol. The number of primary amides is 1. The standard InChI is InChI=1S/C28H29N3O4/c1-17-13-22-14-25(34-3)26(35-4)15-23(22)24(16-31(17)28(33)30-2)20-9-5-18(6-10-20)19-7-11-21(12-8-19)27(29)32/h5-12,14-17H,13H2,1-4H3,(H2,29,32)(H,30,33). The van der Waals surface area contributed by atoms with Gasteiger partial charge in [-0.3, -0.25) is 9.69 Å². The molecule has 0 bridgehead atoms. The van der Waals surface area contributed by atoms with Gasteiger partial charge >= 0.3 is 6.03 Å². The number of carbonyl (C=O) groups excluding carboxylic acids is 2. The molecule has 3 N–H and O–H groups in total. The molecule has 3 aromatic rings. The van der Waals surface area contributed by atoms with Crippen molar-refractivity contribution in [2.45, 2.75) is 19.4 Å². The van der Waals surface area contributed by atoms with Crippen molar-refractivity contribution >= 4 is 17.5 Å². The van der Waals surface area contributed by atoms with Crippen LogP contribution in [0.25, 0.3) is 16.7 Å². The third kappa shape index (κ3) is 4.71. The van der Waals surface area contributed by atoms with E-state index in [2.05, 4.69) is 5.32 Å². The maximum atomic E-state index is 12.7. The minimum Gasteiger partial charge on any atom is -0.493 e. The normalized spacial score (nSPS) is 14.9. The number of benzene rings is 3. The summed E-state index contributed by atoms with van der Waals surface area (Å²) in [5, 5.41) is 2.74. The quantitative estimate of drug-likeness (QED) is 0.575. The summed E-state index contributed by atoms with van der Waals surface area (Å²) >= 11 is 0. The smallest absolute Gasteiger partial charge is 0.321 e. The van der Waals surface area contributed by atoms with E-state index >= 15 is 0 Å². The Morgan fingerprint density at radius 1 is 0.914 bits per heavy atom. The molecule has 7 heteroatoms. The van der Waals surface area contributed by atoms with Gasteiger partial charge in [-0.2, -0.15) is 0 Å². The molecule has 0 aromatic heterocycles. The first-order valence-electron chi connectivity index (χ1n) is 11.3. The fraction of sp³-hybridized carbons (Fsp3) is 0.214. The number of nitrogens with one attached hydrogen (secondary N) is 1. The van der Waals surface area contributed by atoms with Crippen LogP contribution >= 0.6 is 0 Å². The molecular formula is C28H29N3O4. The lowest BCUT2D eigenvalue weighted by atomic mass is 9.91. The van der Waals surface area contributed by atoms with Crippen LogP contribution in [0.1, 0.15) is 34.0 Å². The van der Waals surface area contributed by atoms with Crippen LogP contribution in [0.3, 0.4) is 0 Å². The highest BCUT2D eigenvalue weighted by atomic mass is 16.5. The summed E-state index contributed by atoms with van der Waals surface area (Å²) < 4.78 is 11.1. The maximum Gasteiger partial charge on any atom is 0.321 e. The average Bonchev–Trinajstić information content (AvgIpc) is 3.03. The molecule has 180 valence electrons. The lowest BCUT2D eigenvalue weighted by Gasteiger charge is -2.24. The van der Waals surface area contributed by atoms with Crippen molar-refractivity contribution in [2.24, 2.45) is 5.73 Å². The van der Waals surface area contributed by atoms with Gasteiger partial charge in [0.15, 0.2) is 11.5 Å². The predicted octanol–water partition coefficient (Wildman–Crippen LogP) is 4.44. The zero-order valence-electron chi connectivity index (χ0n) is 20.3. The highest BCUT2D eigenvalue weighted by molar-refractivity contribution is 5.93. The molecule has 1 heterocycles. The van der Waals surface area contributed by atoms with Crippen molar-refractivity contribution < 1.29 is 19.1 Å². The molecule has 1 aliphatic rings. The second-order valence-electron chi connectivity index (χ2n) is 8.44. The van der Waals surface area contributed by atoms with E-state index in [9.17, 15) is 9.59 Å². The highest BCUT2D eigenvalue weighted by Gasteiger charge is 2.26. The van der Waals surface area contributed by atoms with Crippen molar-refractivity contribution in [1.82, 2.24) is 10.2 Å². The number of urea groups is 1. The first-order chi connectivity index (χ1) is 16.9. The van der Waals surface area contributed by atoms with E-state index in [1.165, 1.54) is 0 Å². The summed E-state index contributed by atoms with van der Waals surface area (Å²) in [5.74, 6) is 0.832. The minimum atomic E-state index is -0.451. The summed E-state index contributed by atoms with van der Waals surface area (Å²) in [5.41, 5.74) is 11.7. The van der Waals surface area contributed by atoms with Gasteiger partial charge in [-0.05, 0) is 65.4 Å². The Morgan fingerprint density at radius 2 is 1.46 bits per heavy atom. The Labute approximate surface area is 205 Å². The molecule has 0 radical (unpaired) electrons. The van der Waals surface area contributed by atoms with Crippen molar-refractivity contribution in [3.63, 3.8) is 0 Å². The van der Waals surface area contributed by atoms with Gasteiger partial charge in [0.25, 0.3) is 0 Å². The fourth-order valence-electron chi connectivity index (χ4n) is 4.38. The lowest BCUT2D eigenvalue weighted by molar-refractivity contribution is 0.1000. The van der Waals surface area contributed by atoms with Gasteiger partial charge in [-0.25, -0.2) is 4.79 Å². The van der Waals surface area contributed by atoms with Gasteiger partial charge in [0.1, 0.15) is 0 Å². The number of rotatable bonds is 5.